The molecule has 0 amide bonds. The summed E-state index contributed by atoms with van der Waals surface area (Å²) in [7, 11) is 0. The lowest BCUT2D eigenvalue weighted by Gasteiger charge is -2.15. The number of nitrogens with zero attached hydrogens (tertiary/aromatic N) is 4. The van der Waals surface area contributed by atoms with Gasteiger partial charge in [0.1, 0.15) is 12.2 Å². The van der Waals surface area contributed by atoms with Gasteiger partial charge in [-0.1, -0.05) is 39.0 Å². The van der Waals surface area contributed by atoms with Crippen LogP contribution >= 0.6 is 0 Å². The van der Waals surface area contributed by atoms with Gasteiger partial charge in [-0.25, -0.2) is 0 Å². The molecule has 124 valence electrons. The molecule has 0 saturated heterocycles. The highest BCUT2D eigenvalue weighted by Gasteiger charge is 2.07. The zero-order chi connectivity index (χ0) is 16.7. The normalized spacial score (nSPS) is 11.7. The Labute approximate surface area is 137 Å². The summed E-state index contributed by atoms with van der Waals surface area (Å²) in [5.74, 6) is 1.42. The van der Waals surface area contributed by atoms with Gasteiger partial charge in [0, 0.05) is 18.7 Å². The Morgan fingerprint density at radius 2 is 1.87 bits per heavy atom. The second-order valence-electron chi connectivity index (χ2n) is 5.34. The molecule has 0 spiro atoms. The zero-order valence-electron chi connectivity index (χ0n) is 14.2. The molecule has 3 N–H and O–H groups in total. The molecule has 0 unspecified atom stereocenters. The molecule has 6 nitrogen and oxygen atoms in total. The van der Waals surface area contributed by atoms with Gasteiger partial charge in [-0.05, 0) is 24.0 Å². The highest BCUT2D eigenvalue weighted by atomic mass is 15.3. The molecule has 0 aliphatic rings. The number of benzene rings is 1. The van der Waals surface area contributed by atoms with Crippen molar-refractivity contribution in [2.24, 2.45) is 10.7 Å². The van der Waals surface area contributed by atoms with Gasteiger partial charge in [0.15, 0.2) is 5.96 Å². The van der Waals surface area contributed by atoms with E-state index in [4.69, 9.17) is 5.73 Å². The quantitative estimate of drug-likeness (QED) is 0.607. The van der Waals surface area contributed by atoms with Crippen molar-refractivity contribution < 1.29 is 0 Å². The van der Waals surface area contributed by atoms with Gasteiger partial charge in [0.2, 0.25) is 0 Å². The van der Waals surface area contributed by atoms with Crippen LogP contribution in [-0.4, -0.2) is 27.3 Å². The van der Waals surface area contributed by atoms with E-state index < -0.39 is 0 Å². The summed E-state index contributed by atoms with van der Waals surface area (Å²) in [5.41, 5.74) is 9.67. The third kappa shape index (κ3) is 4.31. The summed E-state index contributed by atoms with van der Waals surface area (Å²) < 4.78 is 2.01. The van der Waals surface area contributed by atoms with E-state index in [0.29, 0.717) is 12.5 Å². The molecule has 0 radical (unpaired) electrons. The van der Waals surface area contributed by atoms with E-state index in [1.807, 2.05) is 4.57 Å². The Hall–Kier alpha value is -2.37. The molecule has 0 aliphatic carbocycles. The van der Waals surface area contributed by atoms with Crippen LogP contribution < -0.4 is 11.1 Å². The van der Waals surface area contributed by atoms with Crippen molar-refractivity contribution in [2.45, 2.75) is 46.6 Å². The van der Waals surface area contributed by atoms with Crippen LogP contribution in [0.1, 0.15) is 37.7 Å². The number of hydrogen-bond donors (Lipinski definition) is 2. The summed E-state index contributed by atoms with van der Waals surface area (Å²) in [6.07, 6.45) is 4.52. The first kappa shape index (κ1) is 17.0. The van der Waals surface area contributed by atoms with Gasteiger partial charge >= 0.3 is 0 Å². The summed E-state index contributed by atoms with van der Waals surface area (Å²) in [4.78, 5) is 4.43. The number of nitrogens with one attached hydrogen (secondary N) is 1. The zero-order valence-corrected chi connectivity index (χ0v) is 14.2. The highest BCUT2D eigenvalue weighted by Crippen LogP contribution is 2.22. The van der Waals surface area contributed by atoms with Gasteiger partial charge < -0.3 is 15.6 Å². The molecule has 2 rings (SSSR count). The lowest BCUT2D eigenvalue weighted by atomic mass is 10.0. The van der Waals surface area contributed by atoms with Crippen molar-refractivity contribution in [3.63, 3.8) is 0 Å². The van der Waals surface area contributed by atoms with E-state index in [9.17, 15) is 0 Å². The van der Waals surface area contributed by atoms with Crippen LogP contribution in [0.2, 0.25) is 0 Å². The fraction of sp³-hybridized carbons (Fsp3) is 0.471. The van der Waals surface area contributed by atoms with Gasteiger partial charge in [0.05, 0.1) is 6.54 Å². The van der Waals surface area contributed by atoms with Crippen LogP contribution in [-0.2, 0) is 25.8 Å². The third-order valence-corrected chi connectivity index (χ3v) is 3.89. The van der Waals surface area contributed by atoms with Gasteiger partial charge in [0.25, 0.3) is 0 Å². The first-order chi connectivity index (χ1) is 11.2. The molecule has 0 atom stereocenters. The van der Waals surface area contributed by atoms with Crippen LogP contribution in [0.25, 0.3) is 0 Å². The first-order valence-electron chi connectivity index (χ1n) is 8.23. The minimum Gasteiger partial charge on any atom is -0.370 e. The molecule has 0 aliphatic heterocycles. The van der Waals surface area contributed by atoms with Crippen molar-refractivity contribution in [2.75, 3.05) is 11.9 Å². The number of anilines is 1. The monoisotopic (exact) mass is 314 g/mol. The van der Waals surface area contributed by atoms with Gasteiger partial charge in [-0.15, -0.1) is 10.2 Å². The van der Waals surface area contributed by atoms with Gasteiger partial charge in [-0.2, -0.15) is 0 Å². The Balaban J connectivity index is 2.03. The maximum atomic E-state index is 6.06. The summed E-state index contributed by atoms with van der Waals surface area (Å²) in [5, 5.41) is 11.3. The minimum atomic E-state index is 0.451. The Kier molecular flexibility index (Phi) is 6.14. The number of hydrogen-bond acceptors (Lipinski definition) is 3. The van der Waals surface area contributed by atoms with Crippen molar-refractivity contribution >= 4 is 11.6 Å². The number of rotatable bonds is 7. The van der Waals surface area contributed by atoms with Crippen LogP contribution in [0, 0.1) is 0 Å². The molecule has 2 aromatic rings. The molecular formula is C17H26N6. The van der Waals surface area contributed by atoms with E-state index in [0.717, 1.165) is 37.3 Å². The predicted molar refractivity (Wildman–Crippen MR) is 94.7 cm³/mol. The van der Waals surface area contributed by atoms with E-state index in [1.165, 1.54) is 11.1 Å². The summed E-state index contributed by atoms with van der Waals surface area (Å²) in [6, 6.07) is 6.34. The van der Waals surface area contributed by atoms with Crippen molar-refractivity contribution in [1.29, 1.82) is 0 Å². The topological polar surface area (TPSA) is 81.1 Å². The largest absolute Gasteiger partial charge is 0.370 e. The molecule has 1 aromatic carbocycles. The number of aryl methyl sites for hydroxylation is 3. The molecule has 1 aromatic heterocycles. The molecule has 0 bridgehead atoms. The summed E-state index contributed by atoms with van der Waals surface area (Å²) in [6.45, 7) is 7.68. The molecule has 23 heavy (non-hydrogen) atoms. The Morgan fingerprint density at radius 3 is 2.48 bits per heavy atom. The maximum Gasteiger partial charge on any atom is 0.193 e. The minimum absolute atomic E-state index is 0.451. The fourth-order valence-electron chi connectivity index (χ4n) is 2.59. The molecule has 1 heterocycles. The Morgan fingerprint density at radius 1 is 1.17 bits per heavy atom. The van der Waals surface area contributed by atoms with Crippen LogP contribution in [0.4, 0.5) is 5.69 Å². The Bertz CT molecular complexity index is 637. The first-order valence-corrected chi connectivity index (χ1v) is 8.23. The molecule has 6 heteroatoms. The predicted octanol–water partition coefficient (Wildman–Crippen LogP) is 2.39. The molecular weight excluding hydrogens is 288 g/mol. The number of aliphatic imine (C=N–C) groups is 1. The number of guanidine groups is 1. The van der Waals surface area contributed by atoms with Crippen LogP contribution in [0.3, 0.4) is 0 Å². The molecule has 0 saturated carbocycles. The average molecular weight is 314 g/mol. The second kappa shape index (κ2) is 8.31. The van der Waals surface area contributed by atoms with Crippen molar-refractivity contribution in [3.8, 4) is 0 Å². The number of para-hydroxylation sites is 1. The lowest BCUT2D eigenvalue weighted by Crippen LogP contribution is -2.25. The van der Waals surface area contributed by atoms with E-state index in [1.54, 1.807) is 6.33 Å². The van der Waals surface area contributed by atoms with Crippen molar-refractivity contribution in [1.82, 2.24) is 14.8 Å². The lowest BCUT2D eigenvalue weighted by molar-refractivity contribution is 0.666. The third-order valence-electron chi connectivity index (χ3n) is 3.89. The van der Waals surface area contributed by atoms with E-state index >= 15 is 0 Å². The van der Waals surface area contributed by atoms with Gasteiger partial charge in [-0.3, -0.25) is 4.99 Å². The average Bonchev–Trinajstić information content (AvgIpc) is 3.02. The SMILES string of the molecule is CCc1cccc(CC)c1NC(N)=NCCn1cnnc1CC. The van der Waals surface area contributed by atoms with Crippen molar-refractivity contribution in [3.05, 3.63) is 41.5 Å². The highest BCUT2D eigenvalue weighted by molar-refractivity contribution is 5.93. The fourth-order valence-corrected chi connectivity index (χ4v) is 2.59. The number of nitrogens with two attached hydrogens (primary N) is 1. The van der Waals surface area contributed by atoms with E-state index in [-0.39, 0.29) is 0 Å². The standard InChI is InChI=1S/C17H26N6/c1-4-13-8-7-9-14(5-2)16(13)21-17(18)19-10-11-23-12-20-22-15(23)6-3/h7-9,12H,4-6,10-11H2,1-3H3,(H3,18,19,21). The molecule has 0 fully saturated rings. The second-order valence-corrected chi connectivity index (χ2v) is 5.34. The maximum absolute atomic E-state index is 6.06. The summed E-state index contributed by atoms with van der Waals surface area (Å²) >= 11 is 0. The number of aromatic nitrogens is 3. The van der Waals surface area contributed by atoms with Crippen LogP contribution in [0.5, 0.6) is 0 Å². The van der Waals surface area contributed by atoms with Crippen LogP contribution in [0.15, 0.2) is 29.5 Å². The smallest absolute Gasteiger partial charge is 0.193 e. The van der Waals surface area contributed by atoms with E-state index in [2.05, 4.69) is 59.5 Å².